The van der Waals surface area contributed by atoms with Crippen LogP contribution in [0.5, 0.6) is 0 Å². The van der Waals surface area contributed by atoms with Crippen molar-refractivity contribution in [2.75, 3.05) is 12.3 Å². The SMILES string of the molecule is CCCCCC(=O)N1CCS[C@H]1c1ccccc1C(F)(F)F. The van der Waals surface area contributed by atoms with E-state index in [0.29, 0.717) is 18.7 Å². The quantitative estimate of drug-likeness (QED) is 0.718. The van der Waals surface area contributed by atoms with Crippen molar-refractivity contribution in [3.63, 3.8) is 0 Å². The lowest BCUT2D eigenvalue weighted by molar-refractivity contribution is -0.139. The summed E-state index contributed by atoms with van der Waals surface area (Å²) in [7, 11) is 0. The third kappa shape index (κ3) is 3.97. The number of rotatable bonds is 5. The van der Waals surface area contributed by atoms with E-state index < -0.39 is 17.1 Å². The Balaban J connectivity index is 2.19. The van der Waals surface area contributed by atoms with Crippen molar-refractivity contribution < 1.29 is 18.0 Å². The van der Waals surface area contributed by atoms with Crippen LogP contribution in [-0.2, 0) is 11.0 Å². The molecular formula is C16H20F3NOS. The van der Waals surface area contributed by atoms with Gasteiger partial charge in [-0.3, -0.25) is 4.79 Å². The molecule has 1 heterocycles. The molecule has 1 aromatic carbocycles. The minimum atomic E-state index is -4.39. The maximum atomic E-state index is 13.2. The minimum absolute atomic E-state index is 0.0413. The van der Waals surface area contributed by atoms with Gasteiger partial charge < -0.3 is 4.90 Å². The molecule has 0 radical (unpaired) electrons. The van der Waals surface area contributed by atoms with E-state index >= 15 is 0 Å². The van der Waals surface area contributed by atoms with Gasteiger partial charge in [0.2, 0.25) is 5.91 Å². The molecule has 22 heavy (non-hydrogen) atoms. The van der Waals surface area contributed by atoms with Crippen LogP contribution in [0.1, 0.15) is 49.1 Å². The van der Waals surface area contributed by atoms with Crippen LogP contribution < -0.4 is 0 Å². The summed E-state index contributed by atoms with van der Waals surface area (Å²) in [6.07, 6.45) is -1.20. The summed E-state index contributed by atoms with van der Waals surface area (Å²) in [5.74, 6) is 0.636. The molecule has 0 N–H and O–H groups in total. The lowest BCUT2D eigenvalue weighted by Crippen LogP contribution is -2.31. The highest BCUT2D eigenvalue weighted by Crippen LogP contribution is 2.43. The number of unbranched alkanes of at least 4 members (excludes halogenated alkanes) is 2. The molecule has 1 aliphatic rings. The Kier molecular flexibility index (Phi) is 5.78. The average Bonchev–Trinajstić information content (AvgIpc) is 2.96. The van der Waals surface area contributed by atoms with Crippen molar-refractivity contribution in [2.24, 2.45) is 0 Å². The van der Waals surface area contributed by atoms with E-state index in [-0.39, 0.29) is 11.5 Å². The van der Waals surface area contributed by atoms with Crippen LogP contribution in [0.4, 0.5) is 13.2 Å². The number of halogens is 3. The Hall–Kier alpha value is -1.17. The molecule has 1 atom stereocenters. The first-order valence-corrected chi connectivity index (χ1v) is 8.57. The molecule has 2 rings (SSSR count). The number of carbonyl (C=O) groups excluding carboxylic acids is 1. The molecule has 0 bridgehead atoms. The van der Waals surface area contributed by atoms with E-state index in [1.54, 1.807) is 11.0 Å². The second-order valence-corrected chi connectivity index (χ2v) is 6.54. The Bertz CT molecular complexity index is 518. The van der Waals surface area contributed by atoms with Crippen LogP contribution in [0.2, 0.25) is 0 Å². The minimum Gasteiger partial charge on any atom is -0.326 e. The van der Waals surface area contributed by atoms with E-state index in [0.717, 1.165) is 25.3 Å². The smallest absolute Gasteiger partial charge is 0.326 e. The lowest BCUT2D eigenvalue weighted by atomic mass is 10.1. The van der Waals surface area contributed by atoms with Crippen molar-refractivity contribution in [1.82, 2.24) is 4.90 Å². The highest BCUT2D eigenvalue weighted by molar-refractivity contribution is 7.99. The summed E-state index contributed by atoms with van der Waals surface area (Å²) in [6, 6.07) is 5.56. The summed E-state index contributed by atoms with van der Waals surface area (Å²) >= 11 is 1.41. The number of hydrogen-bond donors (Lipinski definition) is 0. The van der Waals surface area contributed by atoms with Gasteiger partial charge in [-0.05, 0) is 18.1 Å². The molecule has 1 aliphatic heterocycles. The van der Waals surface area contributed by atoms with Crippen molar-refractivity contribution >= 4 is 17.7 Å². The maximum absolute atomic E-state index is 13.2. The van der Waals surface area contributed by atoms with E-state index in [4.69, 9.17) is 0 Å². The molecule has 1 amide bonds. The Morgan fingerprint density at radius 3 is 2.73 bits per heavy atom. The van der Waals surface area contributed by atoms with Crippen molar-refractivity contribution in [1.29, 1.82) is 0 Å². The zero-order valence-electron chi connectivity index (χ0n) is 12.5. The van der Waals surface area contributed by atoms with Crippen LogP contribution in [-0.4, -0.2) is 23.1 Å². The van der Waals surface area contributed by atoms with Crippen LogP contribution in [0.3, 0.4) is 0 Å². The second-order valence-electron chi connectivity index (χ2n) is 5.35. The molecule has 0 unspecified atom stereocenters. The molecule has 0 aliphatic carbocycles. The van der Waals surface area contributed by atoms with Gasteiger partial charge in [0.1, 0.15) is 5.37 Å². The molecule has 6 heteroatoms. The Labute approximate surface area is 133 Å². The number of alkyl halides is 3. The van der Waals surface area contributed by atoms with E-state index in [9.17, 15) is 18.0 Å². The highest BCUT2D eigenvalue weighted by atomic mass is 32.2. The van der Waals surface area contributed by atoms with E-state index in [1.807, 2.05) is 0 Å². The summed E-state index contributed by atoms with van der Waals surface area (Å²) < 4.78 is 39.5. The fraction of sp³-hybridized carbons (Fsp3) is 0.562. The highest BCUT2D eigenvalue weighted by Gasteiger charge is 2.39. The third-order valence-corrected chi connectivity index (χ3v) is 4.98. The second kappa shape index (κ2) is 7.40. The van der Waals surface area contributed by atoms with Crippen molar-refractivity contribution in [2.45, 2.75) is 44.2 Å². The van der Waals surface area contributed by atoms with Gasteiger partial charge in [-0.2, -0.15) is 13.2 Å². The molecular weight excluding hydrogens is 311 g/mol. The predicted molar refractivity (Wildman–Crippen MR) is 82.5 cm³/mol. The lowest BCUT2D eigenvalue weighted by Gasteiger charge is -2.26. The number of thioether (sulfide) groups is 1. The van der Waals surface area contributed by atoms with Crippen molar-refractivity contribution in [3.8, 4) is 0 Å². The zero-order valence-corrected chi connectivity index (χ0v) is 13.3. The van der Waals surface area contributed by atoms with Gasteiger partial charge in [-0.15, -0.1) is 11.8 Å². The fourth-order valence-corrected chi connectivity index (χ4v) is 3.94. The molecule has 0 saturated carbocycles. The zero-order chi connectivity index (χ0) is 16.2. The van der Waals surface area contributed by atoms with E-state index in [2.05, 4.69) is 6.92 Å². The Morgan fingerprint density at radius 2 is 2.05 bits per heavy atom. The van der Waals surface area contributed by atoms with Crippen LogP contribution in [0.25, 0.3) is 0 Å². The number of benzene rings is 1. The number of hydrogen-bond acceptors (Lipinski definition) is 2. The molecule has 2 nitrogen and oxygen atoms in total. The molecule has 1 aromatic rings. The van der Waals surface area contributed by atoms with Gasteiger partial charge in [0, 0.05) is 18.7 Å². The molecule has 1 fully saturated rings. The number of carbonyl (C=O) groups is 1. The number of amides is 1. The first-order valence-electron chi connectivity index (χ1n) is 7.52. The average molecular weight is 331 g/mol. The maximum Gasteiger partial charge on any atom is 0.416 e. The van der Waals surface area contributed by atoms with Gasteiger partial charge in [-0.25, -0.2) is 0 Å². The van der Waals surface area contributed by atoms with Gasteiger partial charge in [0.05, 0.1) is 5.56 Å². The van der Waals surface area contributed by atoms with Crippen LogP contribution in [0, 0.1) is 0 Å². The fourth-order valence-electron chi connectivity index (χ4n) is 2.62. The normalized spacial score (nSPS) is 18.7. The summed E-state index contributed by atoms with van der Waals surface area (Å²) in [5, 5.41) is -0.521. The molecule has 0 aromatic heterocycles. The summed E-state index contributed by atoms with van der Waals surface area (Å²) in [5.41, 5.74) is -0.443. The Morgan fingerprint density at radius 1 is 1.32 bits per heavy atom. The van der Waals surface area contributed by atoms with Gasteiger partial charge in [0.15, 0.2) is 0 Å². The molecule has 1 saturated heterocycles. The van der Waals surface area contributed by atoms with E-state index in [1.165, 1.54) is 23.9 Å². The van der Waals surface area contributed by atoms with Crippen molar-refractivity contribution in [3.05, 3.63) is 35.4 Å². The van der Waals surface area contributed by atoms with Gasteiger partial charge in [-0.1, -0.05) is 38.0 Å². The van der Waals surface area contributed by atoms with Gasteiger partial charge in [0.25, 0.3) is 0 Å². The number of nitrogens with zero attached hydrogens (tertiary/aromatic N) is 1. The monoisotopic (exact) mass is 331 g/mol. The van der Waals surface area contributed by atoms with Crippen LogP contribution in [0.15, 0.2) is 24.3 Å². The third-order valence-electron chi connectivity index (χ3n) is 3.74. The molecule has 122 valence electrons. The van der Waals surface area contributed by atoms with Gasteiger partial charge >= 0.3 is 6.18 Å². The first kappa shape index (κ1) is 17.2. The topological polar surface area (TPSA) is 20.3 Å². The van der Waals surface area contributed by atoms with Crippen LogP contribution >= 0.6 is 11.8 Å². The standard InChI is InChI=1S/C16H20F3NOS/c1-2-3-4-9-14(21)20-10-11-22-15(20)12-7-5-6-8-13(12)16(17,18)19/h5-8,15H,2-4,9-11H2,1H3/t15-/m0/s1. The summed E-state index contributed by atoms with van der Waals surface area (Å²) in [6.45, 7) is 2.57. The predicted octanol–water partition coefficient (Wildman–Crippen LogP) is 4.86. The summed E-state index contributed by atoms with van der Waals surface area (Å²) in [4.78, 5) is 13.9. The largest absolute Gasteiger partial charge is 0.416 e. The first-order chi connectivity index (χ1) is 10.4. The molecule has 0 spiro atoms.